The van der Waals surface area contributed by atoms with Gasteiger partial charge < -0.3 is 14.2 Å². The van der Waals surface area contributed by atoms with E-state index in [2.05, 4.69) is 63.3 Å². The molecule has 6 heteroatoms. The first-order valence-electron chi connectivity index (χ1n) is 27.8. The lowest BCUT2D eigenvalue weighted by Gasteiger charge is -2.18. The van der Waals surface area contributed by atoms with Crippen molar-refractivity contribution in [2.75, 3.05) is 13.2 Å². The fraction of sp³-hybridized carbons (Fsp3) is 0.689. The topological polar surface area (TPSA) is 78.9 Å². The Bertz CT molecular complexity index is 1350. The number of hydrogen-bond donors (Lipinski definition) is 0. The van der Waals surface area contributed by atoms with Crippen LogP contribution in [0.3, 0.4) is 0 Å². The van der Waals surface area contributed by atoms with Gasteiger partial charge in [-0.05, 0) is 64.2 Å². The Balaban J connectivity index is 4.49. The number of carbonyl (C=O) groups is 3. The maximum Gasteiger partial charge on any atom is 0.306 e. The Hall–Kier alpha value is -3.67. The molecule has 0 heterocycles. The molecular weight excluding hydrogens is 829 g/mol. The molecule has 0 aliphatic rings. The Morgan fingerprint density at radius 3 is 1.10 bits per heavy atom. The zero-order valence-electron chi connectivity index (χ0n) is 43.6. The second kappa shape index (κ2) is 54.9. The molecular formula is C61H102O6. The minimum atomic E-state index is -0.832. The second-order valence-corrected chi connectivity index (χ2v) is 18.2. The van der Waals surface area contributed by atoms with Gasteiger partial charge in [-0.1, -0.05) is 266 Å². The third-order valence-corrected chi connectivity index (χ3v) is 11.7. The number of carbonyl (C=O) groups excluding carboxylic acids is 3. The summed E-state index contributed by atoms with van der Waals surface area (Å²) in [7, 11) is 0. The summed E-state index contributed by atoms with van der Waals surface area (Å²) in [5.41, 5.74) is 0. The predicted octanol–water partition coefficient (Wildman–Crippen LogP) is 18.5. The van der Waals surface area contributed by atoms with E-state index in [1.54, 1.807) is 0 Å². The average molecular weight is 931 g/mol. The van der Waals surface area contributed by atoms with E-state index in [0.717, 1.165) is 51.4 Å². The monoisotopic (exact) mass is 931 g/mol. The van der Waals surface area contributed by atoms with Crippen molar-refractivity contribution in [1.29, 1.82) is 0 Å². The largest absolute Gasteiger partial charge is 0.462 e. The van der Waals surface area contributed by atoms with Crippen molar-refractivity contribution in [3.8, 4) is 0 Å². The fourth-order valence-electron chi connectivity index (χ4n) is 7.55. The number of unbranched alkanes of at least 4 members (excludes halogenated alkanes) is 26. The lowest BCUT2D eigenvalue weighted by atomic mass is 10.0. The number of allylic oxidation sites excluding steroid dienone is 16. The smallest absolute Gasteiger partial charge is 0.306 e. The van der Waals surface area contributed by atoms with E-state index in [9.17, 15) is 14.4 Å². The highest BCUT2D eigenvalue weighted by Crippen LogP contribution is 2.16. The summed E-state index contributed by atoms with van der Waals surface area (Å²) in [5, 5.41) is 0. The van der Waals surface area contributed by atoms with Crippen molar-refractivity contribution in [3.63, 3.8) is 0 Å². The van der Waals surface area contributed by atoms with Crippen molar-refractivity contribution in [2.24, 2.45) is 0 Å². The molecule has 0 radical (unpaired) electrons. The molecule has 0 N–H and O–H groups in total. The molecule has 0 saturated carbocycles. The van der Waals surface area contributed by atoms with E-state index in [-0.39, 0.29) is 44.0 Å². The Labute approximate surface area is 413 Å². The van der Waals surface area contributed by atoms with Crippen molar-refractivity contribution < 1.29 is 28.6 Å². The molecule has 1 atom stereocenters. The zero-order chi connectivity index (χ0) is 48.6. The lowest BCUT2D eigenvalue weighted by molar-refractivity contribution is -0.167. The van der Waals surface area contributed by atoms with E-state index < -0.39 is 6.10 Å². The van der Waals surface area contributed by atoms with Crippen molar-refractivity contribution >= 4 is 17.9 Å². The number of hydrogen-bond acceptors (Lipinski definition) is 6. The predicted molar refractivity (Wildman–Crippen MR) is 288 cm³/mol. The van der Waals surface area contributed by atoms with Crippen LogP contribution < -0.4 is 0 Å². The highest BCUT2D eigenvalue weighted by molar-refractivity contribution is 5.71. The van der Waals surface area contributed by atoms with Crippen LogP contribution >= 0.6 is 0 Å². The van der Waals surface area contributed by atoms with Gasteiger partial charge in [0.25, 0.3) is 0 Å². The van der Waals surface area contributed by atoms with Crippen LogP contribution in [0.5, 0.6) is 0 Å². The molecule has 0 aliphatic heterocycles. The van der Waals surface area contributed by atoms with E-state index in [1.165, 1.54) is 148 Å². The fourth-order valence-corrected chi connectivity index (χ4v) is 7.55. The Morgan fingerprint density at radius 2 is 0.657 bits per heavy atom. The quantitative estimate of drug-likeness (QED) is 0.0199. The standard InChI is InChI=1S/C61H102O6/c1-4-7-10-13-16-19-22-25-27-29-30-32-33-36-39-42-45-48-51-54-60(63)66-57-58(56-65-59(62)53-50-47-44-41-38-35-24-21-18-15-12-9-6-3)67-61(64)55-52-49-46-43-40-37-34-31-28-26-23-20-17-14-11-8-5-2/h9,12,15,18,21,24,26,28,34-35,37-38,41,43-44,46,58H,4-8,10-11,13-14,16-17,19-20,22-23,25,27,29-33,36,39-40,42,45,47-57H2,1-3H3/b12-9-,18-15-,24-21-,28-26-,37-34-,38-35-,44-41-,46-43-. The Morgan fingerprint density at radius 1 is 0.328 bits per heavy atom. The molecule has 382 valence electrons. The van der Waals surface area contributed by atoms with Gasteiger partial charge in [-0.25, -0.2) is 0 Å². The average Bonchev–Trinajstić information content (AvgIpc) is 3.33. The maximum absolute atomic E-state index is 12.8. The van der Waals surface area contributed by atoms with Crippen molar-refractivity contribution in [3.05, 3.63) is 97.2 Å². The third kappa shape index (κ3) is 53.2. The van der Waals surface area contributed by atoms with Crippen LogP contribution in [-0.2, 0) is 28.6 Å². The van der Waals surface area contributed by atoms with Crippen molar-refractivity contribution in [1.82, 2.24) is 0 Å². The molecule has 0 aromatic carbocycles. The summed E-state index contributed by atoms with van der Waals surface area (Å²) < 4.78 is 16.7. The van der Waals surface area contributed by atoms with Crippen LogP contribution in [0.1, 0.15) is 252 Å². The van der Waals surface area contributed by atoms with Crippen LogP contribution in [0.4, 0.5) is 0 Å². The molecule has 0 bridgehead atoms. The van der Waals surface area contributed by atoms with Gasteiger partial charge in [-0.15, -0.1) is 0 Å². The summed E-state index contributed by atoms with van der Waals surface area (Å²) in [6.07, 6.45) is 72.8. The van der Waals surface area contributed by atoms with Gasteiger partial charge in [0, 0.05) is 19.3 Å². The first-order valence-corrected chi connectivity index (χ1v) is 27.8. The van der Waals surface area contributed by atoms with E-state index >= 15 is 0 Å². The first-order chi connectivity index (χ1) is 33.0. The van der Waals surface area contributed by atoms with Gasteiger partial charge >= 0.3 is 17.9 Å². The summed E-state index contributed by atoms with van der Waals surface area (Å²) in [6, 6.07) is 0. The van der Waals surface area contributed by atoms with Gasteiger partial charge in [-0.3, -0.25) is 14.4 Å². The number of ether oxygens (including phenoxy) is 3. The lowest BCUT2D eigenvalue weighted by Crippen LogP contribution is -2.30. The molecule has 0 spiro atoms. The summed E-state index contributed by atoms with van der Waals surface area (Å²) in [5.74, 6) is -1.05. The molecule has 67 heavy (non-hydrogen) atoms. The third-order valence-electron chi connectivity index (χ3n) is 11.7. The molecule has 0 rings (SSSR count). The highest BCUT2D eigenvalue weighted by Gasteiger charge is 2.19. The van der Waals surface area contributed by atoms with Crippen LogP contribution in [0.2, 0.25) is 0 Å². The second-order valence-electron chi connectivity index (χ2n) is 18.2. The van der Waals surface area contributed by atoms with Crippen LogP contribution in [-0.4, -0.2) is 37.2 Å². The number of rotatable bonds is 49. The number of esters is 3. The van der Waals surface area contributed by atoms with E-state index in [1.807, 2.05) is 54.7 Å². The first kappa shape index (κ1) is 63.3. The maximum atomic E-state index is 12.8. The normalized spacial score (nSPS) is 12.8. The van der Waals surface area contributed by atoms with Crippen molar-refractivity contribution in [2.45, 2.75) is 258 Å². The van der Waals surface area contributed by atoms with Gasteiger partial charge in [0.15, 0.2) is 6.10 Å². The highest BCUT2D eigenvalue weighted by atomic mass is 16.6. The molecule has 6 nitrogen and oxygen atoms in total. The minimum absolute atomic E-state index is 0.119. The Kier molecular flexibility index (Phi) is 51.9. The molecule has 0 amide bonds. The summed E-state index contributed by atoms with van der Waals surface area (Å²) >= 11 is 0. The van der Waals surface area contributed by atoms with Crippen LogP contribution in [0.25, 0.3) is 0 Å². The van der Waals surface area contributed by atoms with Crippen LogP contribution in [0, 0.1) is 0 Å². The zero-order valence-corrected chi connectivity index (χ0v) is 43.6. The van der Waals surface area contributed by atoms with E-state index in [4.69, 9.17) is 14.2 Å². The molecule has 0 fully saturated rings. The van der Waals surface area contributed by atoms with Gasteiger partial charge in [-0.2, -0.15) is 0 Å². The minimum Gasteiger partial charge on any atom is -0.462 e. The SMILES string of the molecule is CC\C=C/C=C\C=C/C=C\C=C/CCCC(=O)OCC(COC(=O)CCCCCCCCCCCCCCCCCCCCC)OC(=O)CCC/C=C\C/C=C\C/C=C\CCCCCCCC. The molecule has 0 aromatic heterocycles. The van der Waals surface area contributed by atoms with E-state index in [0.29, 0.717) is 19.3 Å². The molecule has 1 unspecified atom stereocenters. The molecule has 0 saturated heterocycles. The summed E-state index contributed by atoms with van der Waals surface area (Å²) in [6.45, 7) is 6.39. The molecule has 0 aliphatic carbocycles. The van der Waals surface area contributed by atoms with Gasteiger partial charge in [0.2, 0.25) is 0 Å². The summed E-state index contributed by atoms with van der Waals surface area (Å²) in [4.78, 5) is 38.0. The van der Waals surface area contributed by atoms with Crippen LogP contribution in [0.15, 0.2) is 97.2 Å². The van der Waals surface area contributed by atoms with Gasteiger partial charge in [0.05, 0.1) is 0 Å². The van der Waals surface area contributed by atoms with Gasteiger partial charge in [0.1, 0.15) is 13.2 Å². The molecule has 0 aromatic rings.